The van der Waals surface area contributed by atoms with Crippen LogP contribution in [0.15, 0.2) is 18.2 Å². The van der Waals surface area contributed by atoms with Crippen molar-refractivity contribution in [1.82, 2.24) is 5.32 Å². The summed E-state index contributed by atoms with van der Waals surface area (Å²) in [6.07, 6.45) is 1.69. The number of rotatable bonds is 4. The molecule has 9 heteroatoms. The number of nitro groups is 1. The SMILES string of the molecule is O=C(NCC1CCCO1)C(=O)Nc1ccc(Cl)c([N+](=O)[O-])c1. The van der Waals surface area contributed by atoms with Crippen LogP contribution >= 0.6 is 11.6 Å². The van der Waals surface area contributed by atoms with Crippen LogP contribution in [0.1, 0.15) is 12.8 Å². The van der Waals surface area contributed by atoms with Gasteiger partial charge in [0, 0.05) is 24.9 Å². The Labute approximate surface area is 130 Å². The van der Waals surface area contributed by atoms with Crippen LogP contribution in [0.2, 0.25) is 5.02 Å². The molecular formula is C13H14ClN3O5. The third-order valence-corrected chi connectivity index (χ3v) is 3.44. The highest BCUT2D eigenvalue weighted by atomic mass is 35.5. The number of benzene rings is 1. The lowest BCUT2D eigenvalue weighted by Gasteiger charge is -2.10. The molecule has 2 N–H and O–H groups in total. The maximum atomic E-state index is 11.7. The average Bonchev–Trinajstić information content (AvgIpc) is 2.99. The molecule has 0 aromatic heterocycles. The number of hydrogen-bond acceptors (Lipinski definition) is 5. The van der Waals surface area contributed by atoms with Gasteiger partial charge in [0.25, 0.3) is 5.69 Å². The third-order valence-electron chi connectivity index (χ3n) is 3.12. The molecule has 1 saturated heterocycles. The number of amides is 2. The van der Waals surface area contributed by atoms with E-state index in [4.69, 9.17) is 16.3 Å². The fraction of sp³-hybridized carbons (Fsp3) is 0.385. The van der Waals surface area contributed by atoms with Crippen LogP contribution in [-0.4, -0.2) is 36.0 Å². The molecule has 1 aliphatic rings. The Kier molecular flexibility index (Phi) is 5.29. The molecule has 1 atom stereocenters. The van der Waals surface area contributed by atoms with Gasteiger partial charge in [0.05, 0.1) is 11.0 Å². The van der Waals surface area contributed by atoms with Crippen molar-refractivity contribution in [1.29, 1.82) is 0 Å². The van der Waals surface area contributed by atoms with Crippen LogP contribution in [0.4, 0.5) is 11.4 Å². The third kappa shape index (κ3) is 4.15. The van der Waals surface area contributed by atoms with E-state index in [1.54, 1.807) is 0 Å². The summed E-state index contributed by atoms with van der Waals surface area (Å²) >= 11 is 5.67. The summed E-state index contributed by atoms with van der Waals surface area (Å²) in [6.45, 7) is 0.911. The summed E-state index contributed by atoms with van der Waals surface area (Å²) in [7, 11) is 0. The molecular weight excluding hydrogens is 314 g/mol. The molecule has 1 unspecified atom stereocenters. The second-order valence-corrected chi connectivity index (χ2v) is 5.13. The molecule has 8 nitrogen and oxygen atoms in total. The Balaban J connectivity index is 1.91. The quantitative estimate of drug-likeness (QED) is 0.494. The Morgan fingerprint density at radius 2 is 2.18 bits per heavy atom. The van der Waals surface area contributed by atoms with Gasteiger partial charge >= 0.3 is 11.8 Å². The highest BCUT2D eigenvalue weighted by Gasteiger charge is 2.20. The van der Waals surface area contributed by atoms with Crippen LogP contribution in [-0.2, 0) is 14.3 Å². The van der Waals surface area contributed by atoms with Crippen LogP contribution in [0.25, 0.3) is 0 Å². The van der Waals surface area contributed by atoms with E-state index in [1.807, 2.05) is 0 Å². The van der Waals surface area contributed by atoms with E-state index in [9.17, 15) is 19.7 Å². The molecule has 1 aromatic rings. The zero-order valence-corrected chi connectivity index (χ0v) is 12.3. The van der Waals surface area contributed by atoms with Gasteiger partial charge in [-0.1, -0.05) is 11.6 Å². The lowest BCUT2D eigenvalue weighted by atomic mass is 10.2. The first-order valence-corrected chi connectivity index (χ1v) is 7.00. The number of carbonyl (C=O) groups excluding carboxylic acids is 2. The van der Waals surface area contributed by atoms with Gasteiger partial charge in [0.1, 0.15) is 5.02 Å². The van der Waals surface area contributed by atoms with Gasteiger partial charge in [0.2, 0.25) is 0 Å². The molecule has 1 fully saturated rings. The lowest BCUT2D eigenvalue weighted by molar-refractivity contribution is -0.384. The van der Waals surface area contributed by atoms with E-state index in [0.717, 1.165) is 18.9 Å². The summed E-state index contributed by atoms with van der Waals surface area (Å²) in [4.78, 5) is 33.5. The molecule has 2 amide bonds. The van der Waals surface area contributed by atoms with Crippen molar-refractivity contribution in [3.8, 4) is 0 Å². The molecule has 1 aliphatic heterocycles. The molecule has 1 aromatic carbocycles. The molecule has 0 radical (unpaired) electrons. The molecule has 0 bridgehead atoms. The van der Waals surface area contributed by atoms with Crippen molar-refractivity contribution < 1.29 is 19.2 Å². The molecule has 118 valence electrons. The van der Waals surface area contributed by atoms with Crippen LogP contribution < -0.4 is 10.6 Å². The minimum absolute atomic E-state index is 0.0502. The molecule has 0 aliphatic carbocycles. The second-order valence-electron chi connectivity index (χ2n) is 4.72. The van der Waals surface area contributed by atoms with Crippen LogP contribution in [0.5, 0.6) is 0 Å². The zero-order chi connectivity index (χ0) is 16.1. The van der Waals surface area contributed by atoms with Crippen LogP contribution in [0, 0.1) is 10.1 Å². The molecule has 2 rings (SSSR count). The highest BCUT2D eigenvalue weighted by Crippen LogP contribution is 2.27. The van der Waals surface area contributed by atoms with Gasteiger partial charge in [-0.3, -0.25) is 19.7 Å². The number of nitro benzene ring substituents is 1. The zero-order valence-electron chi connectivity index (χ0n) is 11.5. The second kappa shape index (κ2) is 7.19. The maximum Gasteiger partial charge on any atom is 0.313 e. The van der Waals surface area contributed by atoms with E-state index in [-0.39, 0.29) is 29.0 Å². The Morgan fingerprint density at radius 3 is 2.82 bits per heavy atom. The predicted octanol–water partition coefficient (Wildman–Crippen LogP) is 1.48. The smallest absolute Gasteiger partial charge is 0.313 e. The lowest BCUT2D eigenvalue weighted by Crippen LogP contribution is -2.39. The Morgan fingerprint density at radius 1 is 1.41 bits per heavy atom. The number of ether oxygens (including phenoxy) is 1. The van der Waals surface area contributed by atoms with E-state index in [2.05, 4.69) is 10.6 Å². The standard InChI is InChI=1S/C13H14ClN3O5/c14-10-4-3-8(6-11(10)17(20)21)16-13(19)12(18)15-7-9-2-1-5-22-9/h3-4,6,9H,1-2,5,7H2,(H,15,18)(H,16,19). The van der Waals surface area contributed by atoms with E-state index >= 15 is 0 Å². The van der Waals surface area contributed by atoms with Crippen molar-refractivity contribution in [3.63, 3.8) is 0 Å². The van der Waals surface area contributed by atoms with Crippen molar-refractivity contribution in [2.75, 3.05) is 18.5 Å². The Bertz CT molecular complexity index is 601. The number of carbonyl (C=O) groups is 2. The van der Waals surface area contributed by atoms with Gasteiger partial charge < -0.3 is 15.4 Å². The number of nitrogens with zero attached hydrogens (tertiary/aromatic N) is 1. The predicted molar refractivity (Wildman–Crippen MR) is 78.7 cm³/mol. The number of halogens is 1. The summed E-state index contributed by atoms with van der Waals surface area (Å²) in [5, 5.41) is 15.5. The largest absolute Gasteiger partial charge is 0.376 e. The van der Waals surface area contributed by atoms with E-state index < -0.39 is 16.7 Å². The minimum Gasteiger partial charge on any atom is -0.376 e. The van der Waals surface area contributed by atoms with Crippen molar-refractivity contribution in [2.45, 2.75) is 18.9 Å². The Hall–Kier alpha value is -2.19. The maximum absolute atomic E-state index is 11.7. The van der Waals surface area contributed by atoms with Gasteiger partial charge in [-0.15, -0.1) is 0 Å². The topological polar surface area (TPSA) is 111 Å². The minimum atomic E-state index is -0.908. The van der Waals surface area contributed by atoms with E-state index in [0.29, 0.717) is 6.61 Å². The first-order valence-electron chi connectivity index (χ1n) is 6.62. The van der Waals surface area contributed by atoms with Crippen molar-refractivity contribution >= 4 is 34.8 Å². The van der Waals surface area contributed by atoms with Gasteiger partial charge in [0.15, 0.2) is 0 Å². The summed E-state index contributed by atoms with van der Waals surface area (Å²) in [5.41, 5.74) is -0.229. The summed E-state index contributed by atoms with van der Waals surface area (Å²) in [6, 6.07) is 3.74. The van der Waals surface area contributed by atoms with Crippen molar-refractivity contribution in [3.05, 3.63) is 33.3 Å². The first-order chi connectivity index (χ1) is 10.5. The summed E-state index contributed by atoms with van der Waals surface area (Å²) in [5.74, 6) is -1.73. The van der Waals surface area contributed by atoms with E-state index in [1.165, 1.54) is 12.1 Å². The van der Waals surface area contributed by atoms with Crippen molar-refractivity contribution in [2.24, 2.45) is 0 Å². The molecule has 1 heterocycles. The van der Waals surface area contributed by atoms with Crippen LogP contribution in [0.3, 0.4) is 0 Å². The fourth-order valence-corrected chi connectivity index (χ4v) is 2.20. The number of anilines is 1. The molecule has 0 saturated carbocycles. The molecule has 22 heavy (non-hydrogen) atoms. The number of nitrogens with one attached hydrogen (secondary N) is 2. The monoisotopic (exact) mass is 327 g/mol. The van der Waals surface area contributed by atoms with Gasteiger partial charge in [-0.25, -0.2) is 0 Å². The average molecular weight is 328 g/mol. The highest BCUT2D eigenvalue weighted by molar-refractivity contribution is 6.39. The molecule has 0 spiro atoms. The first kappa shape index (κ1) is 16.2. The number of hydrogen-bond donors (Lipinski definition) is 2. The normalized spacial score (nSPS) is 17.0. The van der Waals surface area contributed by atoms with Gasteiger partial charge in [-0.05, 0) is 25.0 Å². The fourth-order valence-electron chi connectivity index (χ4n) is 2.01. The summed E-state index contributed by atoms with van der Waals surface area (Å²) < 4.78 is 5.32. The van der Waals surface area contributed by atoms with Gasteiger partial charge in [-0.2, -0.15) is 0 Å².